The Balaban J connectivity index is 0.00000201. The number of nitrogens with zero attached hydrogens (tertiary/aromatic N) is 2. The molecule has 238 valence electrons. The molecule has 0 amide bonds. The number of hydrogen-bond donors (Lipinski definition) is 2. The first kappa shape index (κ1) is 32.1. The fraction of sp³-hybridized carbons (Fsp3) is 0.0500. The topological polar surface area (TPSA) is 99.8 Å². The number of fused-ring (bicyclic) bond motifs is 4. The first-order valence-corrected chi connectivity index (χ1v) is 15.3. The molecule has 8 rings (SSSR count). The van der Waals surface area contributed by atoms with Crippen LogP contribution in [0.3, 0.4) is 0 Å². The number of rotatable bonds is 9. The largest absolute Gasteiger partial charge is 0.488 e. The maximum Gasteiger partial charge on any atom is 0.142 e. The third-order valence-electron chi connectivity index (χ3n) is 8.07. The summed E-state index contributed by atoms with van der Waals surface area (Å²) in [4.78, 5) is 9.72. The fourth-order valence-electron chi connectivity index (χ4n) is 5.91. The number of aromatic nitrogens is 2. The second-order valence-corrected chi connectivity index (χ2v) is 11.0. The molecule has 0 aliphatic rings. The summed E-state index contributed by atoms with van der Waals surface area (Å²) < 4.78 is 12.6. The predicted molar refractivity (Wildman–Crippen MR) is 200 cm³/mol. The van der Waals surface area contributed by atoms with Crippen LogP contribution in [0.1, 0.15) is 0 Å². The molecule has 6 aromatic carbocycles. The van der Waals surface area contributed by atoms with Gasteiger partial charge >= 0.3 is 0 Å². The number of halogens is 1. The van der Waals surface area contributed by atoms with Crippen molar-refractivity contribution in [2.24, 2.45) is 0 Å². The van der Waals surface area contributed by atoms with E-state index in [-0.39, 0.29) is 17.9 Å². The molecule has 0 aliphatic heterocycles. The van der Waals surface area contributed by atoms with Crippen molar-refractivity contribution in [2.75, 3.05) is 23.8 Å². The standard InChI is InChI=1S/C40H30N4O2.ClH.H2O/c1-5-17-31-27(13-1)39(28-14-2-6-18-32(28)41-31)43-35-21-9-11-23-37(35)45-25-26-46-38-24-12-10-22-36(38)44-40-29-15-3-7-19-33(29)42-34-20-8-4-16-30(34)40;;/h1-24H,25-26H2,(H,41,43)(H,42,44);1H;1H2. The minimum Gasteiger partial charge on any atom is -0.488 e. The quantitative estimate of drug-likeness (QED) is 0.119. The second kappa shape index (κ2) is 14.3. The van der Waals surface area contributed by atoms with E-state index >= 15 is 0 Å². The van der Waals surface area contributed by atoms with Crippen molar-refractivity contribution in [1.29, 1.82) is 0 Å². The van der Waals surface area contributed by atoms with Crippen molar-refractivity contribution < 1.29 is 14.9 Å². The second-order valence-electron chi connectivity index (χ2n) is 11.0. The molecule has 48 heavy (non-hydrogen) atoms. The number of anilines is 4. The van der Waals surface area contributed by atoms with Gasteiger partial charge in [-0.15, -0.1) is 12.4 Å². The van der Waals surface area contributed by atoms with E-state index in [2.05, 4.69) is 34.9 Å². The number of hydrogen-bond acceptors (Lipinski definition) is 6. The molecule has 0 radical (unpaired) electrons. The number of pyridine rings is 2. The number of nitrogens with one attached hydrogen (secondary N) is 2. The van der Waals surface area contributed by atoms with Gasteiger partial charge in [0.1, 0.15) is 24.7 Å². The molecular formula is C40H33ClN4O3. The fourth-order valence-corrected chi connectivity index (χ4v) is 5.91. The molecule has 8 heteroatoms. The summed E-state index contributed by atoms with van der Waals surface area (Å²) in [5.41, 5.74) is 7.52. The van der Waals surface area contributed by atoms with E-state index in [1.807, 2.05) is 121 Å². The van der Waals surface area contributed by atoms with E-state index in [1.54, 1.807) is 0 Å². The molecule has 0 fully saturated rings. The summed E-state index contributed by atoms with van der Waals surface area (Å²) in [5, 5.41) is 11.5. The lowest BCUT2D eigenvalue weighted by atomic mass is 10.1. The van der Waals surface area contributed by atoms with Crippen LogP contribution in [-0.4, -0.2) is 28.7 Å². The van der Waals surface area contributed by atoms with Crippen LogP contribution in [0.4, 0.5) is 22.7 Å². The third-order valence-corrected chi connectivity index (χ3v) is 8.07. The number of ether oxygens (including phenoxy) is 2. The van der Waals surface area contributed by atoms with Gasteiger partial charge in [-0.1, -0.05) is 97.1 Å². The van der Waals surface area contributed by atoms with Crippen LogP contribution >= 0.6 is 12.4 Å². The van der Waals surface area contributed by atoms with Gasteiger partial charge in [0.15, 0.2) is 0 Å². The highest BCUT2D eigenvalue weighted by molar-refractivity contribution is 6.10. The monoisotopic (exact) mass is 652 g/mol. The molecule has 0 spiro atoms. The van der Waals surface area contributed by atoms with Crippen LogP contribution in [0.5, 0.6) is 11.5 Å². The summed E-state index contributed by atoms with van der Waals surface area (Å²) in [7, 11) is 0. The Morgan fingerprint density at radius 2 is 0.688 bits per heavy atom. The Morgan fingerprint density at radius 1 is 0.396 bits per heavy atom. The van der Waals surface area contributed by atoms with E-state index < -0.39 is 0 Å². The zero-order chi connectivity index (χ0) is 30.7. The predicted octanol–water partition coefficient (Wildman–Crippen LogP) is 9.63. The molecule has 7 nitrogen and oxygen atoms in total. The lowest BCUT2D eigenvalue weighted by Gasteiger charge is -2.18. The highest BCUT2D eigenvalue weighted by atomic mass is 35.5. The van der Waals surface area contributed by atoms with Gasteiger partial charge in [-0.25, -0.2) is 9.97 Å². The molecule has 0 saturated heterocycles. The van der Waals surface area contributed by atoms with Gasteiger partial charge in [-0.05, 0) is 48.5 Å². The molecule has 8 aromatic rings. The van der Waals surface area contributed by atoms with E-state index in [0.29, 0.717) is 13.2 Å². The van der Waals surface area contributed by atoms with Gasteiger partial charge in [-0.3, -0.25) is 0 Å². The normalized spacial score (nSPS) is 10.8. The van der Waals surface area contributed by atoms with E-state index in [1.165, 1.54) is 0 Å². The maximum atomic E-state index is 6.30. The van der Waals surface area contributed by atoms with E-state index in [0.717, 1.165) is 77.9 Å². The van der Waals surface area contributed by atoms with Crippen LogP contribution in [0.15, 0.2) is 146 Å². The molecular weight excluding hydrogens is 620 g/mol. The SMILES string of the molecule is Cl.O.c1ccc(OCCOc2ccccc2Nc2c3ccccc3nc3ccccc23)c(Nc2c3ccccc3nc3ccccc23)c1. The highest BCUT2D eigenvalue weighted by Crippen LogP contribution is 2.37. The van der Waals surface area contributed by atoms with Crippen molar-refractivity contribution in [3.8, 4) is 11.5 Å². The van der Waals surface area contributed by atoms with Crippen LogP contribution < -0.4 is 20.1 Å². The van der Waals surface area contributed by atoms with Gasteiger partial charge in [-0.2, -0.15) is 0 Å². The first-order valence-electron chi connectivity index (χ1n) is 15.3. The van der Waals surface area contributed by atoms with Crippen LogP contribution in [0.25, 0.3) is 43.6 Å². The van der Waals surface area contributed by atoms with Gasteiger partial charge in [0.25, 0.3) is 0 Å². The van der Waals surface area contributed by atoms with Crippen LogP contribution in [-0.2, 0) is 0 Å². The first-order chi connectivity index (χ1) is 22.8. The van der Waals surface area contributed by atoms with Crippen molar-refractivity contribution in [2.45, 2.75) is 0 Å². The average Bonchev–Trinajstić information content (AvgIpc) is 3.11. The molecule has 2 heterocycles. The van der Waals surface area contributed by atoms with Crippen molar-refractivity contribution in [3.63, 3.8) is 0 Å². The Morgan fingerprint density at radius 3 is 1.04 bits per heavy atom. The van der Waals surface area contributed by atoms with Crippen LogP contribution in [0, 0.1) is 0 Å². The molecule has 4 N–H and O–H groups in total. The molecule has 0 bridgehead atoms. The maximum absolute atomic E-state index is 6.30. The van der Waals surface area contributed by atoms with Gasteiger partial charge in [0.05, 0.1) is 44.8 Å². The van der Waals surface area contributed by atoms with Gasteiger partial charge in [0, 0.05) is 21.5 Å². The summed E-state index contributed by atoms with van der Waals surface area (Å²) in [6.45, 7) is 0.734. The summed E-state index contributed by atoms with van der Waals surface area (Å²) >= 11 is 0. The smallest absolute Gasteiger partial charge is 0.142 e. The lowest BCUT2D eigenvalue weighted by molar-refractivity contribution is 0.218. The summed E-state index contributed by atoms with van der Waals surface area (Å²) in [6.07, 6.45) is 0. The zero-order valence-electron chi connectivity index (χ0n) is 25.9. The van der Waals surface area contributed by atoms with E-state index in [9.17, 15) is 0 Å². The van der Waals surface area contributed by atoms with Gasteiger partial charge in [0.2, 0.25) is 0 Å². The molecule has 0 unspecified atom stereocenters. The summed E-state index contributed by atoms with van der Waals surface area (Å²) in [6, 6.07) is 48.7. The van der Waals surface area contributed by atoms with Crippen molar-refractivity contribution in [3.05, 3.63) is 146 Å². The molecule has 0 saturated carbocycles. The van der Waals surface area contributed by atoms with Crippen molar-refractivity contribution >= 4 is 78.8 Å². The molecule has 0 aliphatic carbocycles. The Labute approximate surface area is 283 Å². The Kier molecular flexibility index (Phi) is 9.52. The van der Waals surface area contributed by atoms with Crippen molar-refractivity contribution in [1.82, 2.24) is 9.97 Å². The van der Waals surface area contributed by atoms with Gasteiger partial charge < -0.3 is 25.6 Å². The highest BCUT2D eigenvalue weighted by Gasteiger charge is 2.13. The lowest BCUT2D eigenvalue weighted by Crippen LogP contribution is -2.11. The molecule has 2 aromatic heterocycles. The number of para-hydroxylation sites is 8. The average molecular weight is 653 g/mol. The Hall–Kier alpha value is -5.89. The van der Waals surface area contributed by atoms with Crippen LogP contribution in [0.2, 0.25) is 0 Å². The van der Waals surface area contributed by atoms with E-state index in [4.69, 9.17) is 19.4 Å². The minimum absolute atomic E-state index is 0. The zero-order valence-corrected chi connectivity index (χ0v) is 26.7. The third kappa shape index (κ3) is 6.25. The summed E-state index contributed by atoms with van der Waals surface area (Å²) in [5.74, 6) is 1.49. The Bertz CT molecular complexity index is 2090. The molecule has 0 atom stereocenters. The number of benzene rings is 6. The minimum atomic E-state index is 0.